The number of ether oxygens (including phenoxy) is 1. The fourth-order valence-electron chi connectivity index (χ4n) is 1.39. The van der Waals surface area contributed by atoms with Crippen molar-refractivity contribution in [1.82, 2.24) is 0 Å². The molecule has 0 radical (unpaired) electrons. The van der Waals surface area contributed by atoms with Gasteiger partial charge in [-0.1, -0.05) is 15.5 Å². The molecule has 0 bridgehead atoms. The van der Waals surface area contributed by atoms with E-state index in [4.69, 9.17) is 4.74 Å². The second-order valence-electron chi connectivity index (χ2n) is 3.06. The third-order valence-electron chi connectivity index (χ3n) is 2.19. The maximum absolute atomic E-state index is 10.4. The van der Waals surface area contributed by atoms with Crippen LogP contribution in [0.25, 0.3) is 0 Å². The first-order valence-corrected chi connectivity index (χ1v) is 4.11. The Balaban J connectivity index is 2.83. The molecule has 1 saturated heterocycles. The van der Waals surface area contributed by atoms with Crippen molar-refractivity contribution in [1.29, 1.82) is 0 Å². The molecule has 9 nitrogen and oxygen atoms in total. The average molecular weight is 219 g/mol. The van der Waals surface area contributed by atoms with E-state index in [1.807, 2.05) is 0 Å². The molecule has 0 aromatic carbocycles. The van der Waals surface area contributed by atoms with Crippen LogP contribution < -0.4 is 0 Å². The van der Waals surface area contributed by atoms with Crippen LogP contribution in [0.1, 0.15) is 0 Å². The van der Waals surface area contributed by atoms with Crippen LogP contribution in [0.2, 0.25) is 0 Å². The van der Waals surface area contributed by atoms with Crippen molar-refractivity contribution in [3.05, 3.63) is 14.7 Å². The fraction of sp³-hybridized carbons (Fsp3) is 1.00. The Morgan fingerprint density at radius 3 is 2.13 bits per heavy atom. The Morgan fingerprint density at radius 1 is 1.07 bits per heavy atom. The maximum atomic E-state index is 10.4. The molecule has 5 atom stereocenters. The van der Waals surface area contributed by atoms with Crippen LogP contribution in [0.15, 0.2) is 15.5 Å². The van der Waals surface area contributed by atoms with Gasteiger partial charge in [-0.05, 0) is 0 Å². The molecule has 0 amide bonds. The zero-order valence-electron chi connectivity index (χ0n) is 7.46. The molecule has 0 aromatic heterocycles. The molecule has 0 spiro atoms. The number of nitrogens with zero attached hydrogens (tertiary/aromatic N) is 3. The van der Waals surface area contributed by atoms with Crippen LogP contribution in [-0.2, 0) is 4.74 Å². The van der Waals surface area contributed by atoms with Gasteiger partial charge in [-0.25, -0.2) is 0 Å². The third kappa shape index (κ3) is 2.19. The summed E-state index contributed by atoms with van der Waals surface area (Å²) in [6.45, 7) is -0.449. The summed E-state index contributed by atoms with van der Waals surface area (Å²) in [7, 11) is 0. The first-order chi connectivity index (χ1) is 7.15. The lowest BCUT2D eigenvalue weighted by molar-refractivity contribution is -0.209. The summed E-state index contributed by atoms with van der Waals surface area (Å²) in [6, 6.07) is -2.90. The summed E-state index contributed by atoms with van der Waals surface area (Å²) < 4.78 is 4.69. The van der Waals surface area contributed by atoms with Crippen molar-refractivity contribution in [3.8, 4) is 0 Å². The number of aliphatic hydroxyl groups excluding tert-OH is 2. The van der Waals surface area contributed by atoms with Crippen LogP contribution in [0.4, 0.5) is 0 Å². The molecule has 9 heteroatoms. The highest BCUT2D eigenvalue weighted by atomic mass is 16.6. The molecular weight excluding hydrogens is 210 g/mol. The van der Waals surface area contributed by atoms with Crippen LogP contribution in [0.3, 0.4) is 0 Å². The number of hydrogen-bond donors (Lipinski definition) is 2. The molecule has 0 aliphatic carbocycles. The van der Waals surface area contributed by atoms with Gasteiger partial charge in [0.05, 0.1) is 0 Å². The van der Waals surface area contributed by atoms with E-state index < -0.39 is 37.1 Å². The van der Waals surface area contributed by atoms with Crippen LogP contribution >= 0.6 is 0 Å². The average Bonchev–Trinajstić information content (AvgIpc) is 2.22. The first kappa shape index (κ1) is 11.8. The second-order valence-corrected chi connectivity index (χ2v) is 3.06. The van der Waals surface area contributed by atoms with Crippen LogP contribution in [0.5, 0.6) is 0 Å². The predicted molar refractivity (Wildman–Crippen MR) is 46.7 cm³/mol. The van der Waals surface area contributed by atoms with Crippen molar-refractivity contribution >= 4 is 0 Å². The molecule has 2 unspecified atom stereocenters. The lowest BCUT2D eigenvalue weighted by atomic mass is 9.95. The van der Waals surface area contributed by atoms with Gasteiger partial charge in [-0.2, -0.15) is 14.7 Å². The van der Waals surface area contributed by atoms with Crippen molar-refractivity contribution in [2.45, 2.75) is 30.6 Å². The molecule has 1 aliphatic rings. The van der Waals surface area contributed by atoms with Crippen molar-refractivity contribution in [3.63, 3.8) is 0 Å². The zero-order valence-corrected chi connectivity index (χ0v) is 7.46. The molecule has 0 aromatic rings. The predicted octanol–water partition coefficient (Wildman–Crippen LogP) is -0.899. The van der Waals surface area contributed by atoms with E-state index in [2.05, 4.69) is 15.5 Å². The molecule has 0 saturated carbocycles. The SMILES string of the molecule is O=NCC1O[C@@H](O)[C@@H](N=O)C(N=O)[C@@H]1O. The van der Waals surface area contributed by atoms with Crippen LogP contribution in [0, 0.1) is 14.7 Å². The largest absolute Gasteiger partial charge is 0.388 e. The zero-order chi connectivity index (χ0) is 11.4. The number of aliphatic hydroxyl groups is 2. The lowest BCUT2D eigenvalue weighted by Gasteiger charge is -2.35. The highest BCUT2D eigenvalue weighted by Crippen LogP contribution is 2.24. The first-order valence-electron chi connectivity index (χ1n) is 4.11. The smallest absolute Gasteiger partial charge is 0.183 e. The van der Waals surface area contributed by atoms with Gasteiger partial charge >= 0.3 is 0 Å². The number of rotatable bonds is 4. The van der Waals surface area contributed by atoms with E-state index in [0.717, 1.165) is 0 Å². The summed E-state index contributed by atoms with van der Waals surface area (Å²) in [5, 5.41) is 26.1. The van der Waals surface area contributed by atoms with Crippen LogP contribution in [-0.4, -0.2) is 47.3 Å². The second kappa shape index (κ2) is 4.96. The van der Waals surface area contributed by atoms with E-state index in [-0.39, 0.29) is 0 Å². The summed E-state index contributed by atoms with van der Waals surface area (Å²) >= 11 is 0. The highest BCUT2D eigenvalue weighted by molar-refractivity contribution is 4.97. The molecule has 15 heavy (non-hydrogen) atoms. The standard InChI is InChI=1S/C6H9N3O6/c10-5-2(1-7-12)15-6(11)4(9-14)3(5)8-13/h2-6,10-11H,1H2/t2?,3?,4-,5+,6+/m0/s1. The van der Waals surface area contributed by atoms with Crippen molar-refractivity contribution < 1.29 is 14.9 Å². The van der Waals surface area contributed by atoms with E-state index in [9.17, 15) is 24.9 Å². The molecule has 1 fully saturated rings. The highest BCUT2D eigenvalue weighted by Gasteiger charge is 2.47. The topological polar surface area (TPSA) is 138 Å². The molecule has 1 rings (SSSR count). The Hall–Kier alpha value is -1.32. The molecule has 1 aliphatic heterocycles. The van der Waals surface area contributed by atoms with E-state index in [0.29, 0.717) is 0 Å². The Bertz CT molecular complexity index is 261. The Kier molecular flexibility index (Phi) is 3.88. The molecule has 1 heterocycles. The minimum absolute atomic E-state index is 0.449. The van der Waals surface area contributed by atoms with E-state index >= 15 is 0 Å². The van der Waals surface area contributed by atoms with Gasteiger partial charge in [-0.15, -0.1) is 0 Å². The fourth-order valence-corrected chi connectivity index (χ4v) is 1.39. The number of hydrogen-bond acceptors (Lipinski definition) is 9. The van der Waals surface area contributed by atoms with Gasteiger partial charge in [-0.3, -0.25) is 0 Å². The minimum Gasteiger partial charge on any atom is -0.388 e. The lowest BCUT2D eigenvalue weighted by Crippen LogP contribution is -2.56. The molecule has 84 valence electrons. The Morgan fingerprint density at radius 2 is 1.67 bits per heavy atom. The molecule has 2 N–H and O–H groups in total. The van der Waals surface area contributed by atoms with E-state index in [1.54, 1.807) is 0 Å². The maximum Gasteiger partial charge on any atom is 0.183 e. The molecular formula is C6H9N3O6. The quantitative estimate of drug-likeness (QED) is 0.587. The normalized spacial score (nSPS) is 40.8. The van der Waals surface area contributed by atoms with Gasteiger partial charge in [0.2, 0.25) is 0 Å². The monoisotopic (exact) mass is 219 g/mol. The van der Waals surface area contributed by atoms with E-state index in [1.165, 1.54) is 0 Å². The summed E-state index contributed by atoms with van der Waals surface area (Å²) in [4.78, 5) is 30.6. The van der Waals surface area contributed by atoms with Gasteiger partial charge in [0.15, 0.2) is 18.4 Å². The summed E-state index contributed by atoms with van der Waals surface area (Å²) in [5.41, 5.74) is 0. The van der Waals surface area contributed by atoms with Gasteiger partial charge in [0.1, 0.15) is 18.8 Å². The van der Waals surface area contributed by atoms with Crippen molar-refractivity contribution in [2.24, 2.45) is 15.5 Å². The third-order valence-corrected chi connectivity index (χ3v) is 2.19. The Labute approximate surface area is 83.3 Å². The summed E-state index contributed by atoms with van der Waals surface area (Å²) in [6.07, 6.45) is -4.30. The summed E-state index contributed by atoms with van der Waals surface area (Å²) in [5.74, 6) is 0. The van der Waals surface area contributed by atoms with Gasteiger partial charge in [0, 0.05) is 0 Å². The van der Waals surface area contributed by atoms with Crippen molar-refractivity contribution in [2.75, 3.05) is 6.54 Å². The van der Waals surface area contributed by atoms with Gasteiger partial charge in [0.25, 0.3) is 0 Å². The number of nitroso groups, excluding NO2 is 3. The minimum atomic E-state index is -1.67. The van der Waals surface area contributed by atoms with Gasteiger partial charge < -0.3 is 14.9 Å².